The fourth-order valence-electron chi connectivity index (χ4n) is 6.77. The standard InChI is InChI=1S/C24H27N3O3.C19H24N2O2.C7H9NO2/c1-18(28)20(15-25)16-26-21-8-9-23(24(14-21)29-2)30-22-10-12-27(13-11-22)17-19-6-4-3-5-7-19;1-22-19-13-16(20)7-8-18(19)23-17-9-11-21(12-10-17)14-15-5-3-2-4-6-15;1-3-10-5-7(4-8)6(2)9/h3-9,14,16,22,26H,10-13,17H2,1-2H3;2-8,13,17H,9-12,14,20H2,1H3;5H,3H2,1-2H3/b20-16+;;7-5+. The molecule has 2 heterocycles. The predicted octanol–water partition coefficient (Wildman–Crippen LogP) is 8.49. The molecule has 0 bridgehead atoms. The second-order valence-electron chi connectivity index (χ2n) is 15.0. The Kier molecular flexibility index (Phi) is 20.6. The number of allylic oxidation sites excluding steroid dienone is 2. The Morgan fingerprint density at radius 3 is 1.57 bits per heavy atom. The lowest BCUT2D eigenvalue weighted by atomic mass is 10.1. The number of methoxy groups -OCH3 is 2. The van der Waals surface area contributed by atoms with Gasteiger partial charge >= 0.3 is 0 Å². The van der Waals surface area contributed by atoms with Crippen LogP contribution >= 0.6 is 0 Å². The largest absolute Gasteiger partial charge is 0.500 e. The molecular formula is C50H60N6O7. The van der Waals surface area contributed by atoms with Gasteiger partial charge in [-0.15, -0.1) is 0 Å². The van der Waals surface area contributed by atoms with Crippen molar-refractivity contribution in [1.82, 2.24) is 9.80 Å². The van der Waals surface area contributed by atoms with E-state index in [9.17, 15) is 9.59 Å². The molecule has 0 unspecified atom stereocenters. The van der Waals surface area contributed by atoms with Gasteiger partial charge in [0.05, 0.1) is 20.8 Å². The number of hydrogen-bond acceptors (Lipinski definition) is 13. The second-order valence-corrected chi connectivity index (χ2v) is 15.0. The normalized spacial score (nSPS) is 14.8. The Morgan fingerprint density at radius 2 is 1.14 bits per heavy atom. The van der Waals surface area contributed by atoms with Gasteiger partial charge in [-0.1, -0.05) is 60.7 Å². The van der Waals surface area contributed by atoms with Crippen LogP contribution in [0, 0.1) is 22.7 Å². The van der Waals surface area contributed by atoms with Crippen molar-refractivity contribution in [3.63, 3.8) is 0 Å². The summed E-state index contributed by atoms with van der Waals surface area (Å²) >= 11 is 0. The molecule has 2 saturated heterocycles. The van der Waals surface area contributed by atoms with Crippen molar-refractivity contribution >= 4 is 22.9 Å². The molecule has 4 aromatic rings. The Hall–Kier alpha value is -6.80. The van der Waals surface area contributed by atoms with Gasteiger partial charge in [-0.2, -0.15) is 10.5 Å². The molecule has 63 heavy (non-hydrogen) atoms. The zero-order valence-electron chi connectivity index (χ0n) is 37.0. The molecule has 13 nitrogen and oxygen atoms in total. The summed E-state index contributed by atoms with van der Waals surface area (Å²) in [6.45, 7) is 11.0. The van der Waals surface area contributed by atoms with E-state index in [0.717, 1.165) is 70.7 Å². The maximum atomic E-state index is 11.3. The van der Waals surface area contributed by atoms with Crippen molar-refractivity contribution in [1.29, 1.82) is 10.5 Å². The SMILES string of the molecule is CCO/C=C(\C#N)C(C)=O.COc1cc(N)ccc1OC1CCN(Cc2ccccc2)CC1.COc1cc(N/C=C(\C#N)C(C)=O)ccc1OC1CCN(Cc2ccccc2)CC1. The van der Waals surface area contributed by atoms with Gasteiger partial charge in [0.15, 0.2) is 34.6 Å². The minimum Gasteiger partial charge on any atom is -0.500 e. The summed E-state index contributed by atoms with van der Waals surface area (Å²) < 4.78 is 27.9. The van der Waals surface area contributed by atoms with Crippen LogP contribution in [0.1, 0.15) is 57.6 Å². The number of anilines is 2. The van der Waals surface area contributed by atoms with Crippen LogP contribution in [-0.2, 0) is 27.4 Å². The molecule has 0 amide bonds. The number of carbonyl (C=O) groups is 2. The van der Waals surface area contributed by atoms with Gasteiger partial charge in [-0.05, 0) is 81.8 Å². The molecule has 0 aromatic heterocycles. The lowest BCUT2D eigenvalue weighted by Crippen LogP contribution is -2.37. The highest BCUT2D eigenvalue weighted by Crippen LogP contribution is 2.33. The zero-order valence-corrected chi connectivity index (χ0v) is 37.0. The lowest BCUT2D eigenvalue weighted by molar-refractivity contribution is -0.114. The van der Waals surface area contributed by atoms with Gasteiger partial charge in [0.2, 0.25) is 0 Å². The van der Waals surface area contributed by atoms with E-state index in [1.54, 1.807) is 39.3 Å². The minimum atomic E-state index is -0.282. The van der Waals surface area contributed by atoms with Crippen LogP contribution in [0.4, 0.5) is 11.4 Å². The highest BCUT2D eigenvalue weighted by Gasteiger charge is 2.23. The van der Waals surface area contributed by atoms with E-state index < -0.39 is 0 Å². The molecule has 6 rings (SSSR count). The van der Waals surface area contributed by atoms with Gasteiger partial charge in [-0.25, -0.2) is 0 Å². The van der Waals surface area contributed by atoms with Crippen LogP contribution in [0.3, 0.4) is 0 Å². The number of rotatable bonds is 16. The van der Waals surface area contributed by atoms with E-state index in [4.69, 9.17) is 39.9 Å². The maximum Gasteiger partial charge on any atom is 0.173 e. The number of ether oxygens (including phenoxy) is 5. The molecule has 0 atom stereocenters. The summed E-state index contributed by atoms with van der Waals surface area (Å²) in [7, 11) is 3.24. The van der Waals surface area contributed by atoms with Crippen molar-refractivity contribution in [3.05, 3.63) is 132 Å². The fourth-order valence-corrected chi connectivity index (χ4v) is 6.77. The number of Topliss-reactive ketones (excluding diaryl/α,β-unsaturated/α-hetero) is 2. The van der Waals surface area contributed by atoms with Gasteiger partial charge < -0.3 is 34.7 Å². The first-order valence-corrected chi connectivity index (χ1v) is 21.1. The molecule has 0 aliphatic carbocycles. The van der Waals surface area contributed by atoms with Gasteiger partial charge in [0.1, 0.15) is 41.8 Å². The number of nitrogens with one attached hydrogen (secondary N) is 1. The molecule has 4 aromatic carbocycles. The smallest absolute Gasteiger partial charge is 0.173 e. The third kappa shape index (κ3) is 16.9. The molecule has 13 heteroatoms. The number of nitriles is 2. The van der Waals surface area contributed by atoms with Crippen molar-refractivity contribution in [2.24, 2.45) is 0 Å². The summed E-state index contributed by atoms with van der Waals surface area (Å²) in [6.07, 6.45) is 6.95. The number of benzene rings is 4. The van der Waals surface area contributed by atoms with Gasteiger partial charge in [0, 0.05) is 69.0 Å². The van der Waals surface area contributed by atoms with Crippen molar-refractivity contribution in [3.8, 4) is 35.1 Å². The molecule has 2 aliphatic rings. The van der Waals surface area contributed by atoms with Crippen LogP contribution in [-0.4, -0.2) is 80.6 Å². The third-order valence-electron chi connectivity index (χ3n) is 10.3. The average Bonchev–Trinajstić information content (AvgIpc) is 3.30. The topological polar surface area (TPSA) is 172 Å². The summed E-state index contributed by atoms with van der Waals surface area (Å²) in [5, 5.41) is 20.2. The molecule has 0 saturated carbocycles. The number of nitrogens with two attached hydrogens (primary N) is 1. The molecule has 2 fully saturated rings. The zero-order chi connectivity index (χ0) is 45.4. The average molecular weight is 857 g/mol. The van der Waals surface area contributed by atoms with E-state index in [-0.39, 0.29) is 34.9 Å². The molecule has 2 aliphatic heterocycles. The number of ketones is 2. The fraction of sp³-hybridized carbons (Fsp3) is 0.360. The first kappa shape index (κ1) is 48.9. The number of likely N-dealkylation sites (tertiary alicyclic amines) is 2. The molecular weight excluding hydrogens is 797 g/mol. The van der Waals surface area contributed by atoms with Crippen LogP contribution in [0.2, 0.25) is 0 Å². The Balaban J connectivity index is 0.000000233. The Bertz CT molecular complexity index is 2180. The van der Waals surface area contributed by atoms with Crippen LogP contribution in [0.15, 0.2) is 121 Å². The molecule has 332 valence electrons. The number of hydrogen-bond donors (Lipinski definition) is 2. The van der Waals surface area contributed by atoms with Crippen LogP contribution in [0.25, 0.3) is 0 Å². The predicted molar refractivity (Wildman–Crippen MR) is 245 cm³/mol. The van der Waals surface area contributed by atoms with E-state index >= 15 is 0 Å². The van der Waals surface area contributed by atoms with E-state index in [2.05, 4.69) is 69.7 Å². The molecule has 3 N–H and O–H groups in total. The number of carbonyl (C=O) groups excluding carboxylic acids is 2. The maximum absolute atomic E-state index is 11.3. The first-order valence-electron chi connectivity index (χ1n) is 21.1. The van der Waals surface area contributed by atoms with Crippen molar-refractivity contribution in [2.45, 2.75) is 71.8 Å². The summed E-state index contributed by atoms with van der Waals surface area (Å²) in [6, 6.07) is 35.8. The molecule has 0 spiro atoms. The monoisotopic (exact) mass is 856 g/mol. The van der Waals surface area contributed by atoms with Crippen molar-refractivity contribution < 1.29 is 33.3 Å². The van der Waals surface area contributed by atoms with Gasteiger partial charge in [-0.3, -0.25) is 19.4 Å². The van der Waals surface area contributed by atoms with Crippen LogP contribution < -0.4 is 30.0 Å². The number of nitrogens with zero attached hydrogens (tertiary/aromatic N) is 4. The highest BCUT2D eigenvalue weighted by molar-refractivity contribution is 5.97. The number of piperidine rings is 2. The van der Waals surface area contributed by atoms with Crippen LogP contribution in [0.5, 0.6) is 23.0 Å². The third-order valence-corrected chi connectivity index (χ3v) is 10.3. The quantitative estimate of drug-likeness (QED) is 0.0476. The highest BCUT2D eigenvalue weighted by atomic mass is 16.5. The molecule has 0 radical (unpaired) electrons. The number of nitrogen functional groups attached to an aromatic ring is 1. The van der Waals surface area contributed by atoms with Crippen molar-refractivity contribution in [2.75, 3.05) is 58.1 Å². The van der Waals surface area contributed by atoms with E-state index in [1.165, 1.54) is 37.4 Å². The summed E-state index contributed by atoms with van der Waals surface area (Å²) in [5.74, 6) is 2.24. The summed E-state index contributed by atoms with van der Waals surface area (Å²) in [5.41, 5.74) is 10.0. The lowest BCUT2D eigenvalue weighted by Gasteiger charge is -2.32. The van der Waals surface area contributed by atoms with Gasteiger partial charge in [0.25, 0.3) is 0 Å². The first-order chi connectivity index (χ1) is 30.5. The Morgan fingerprint density at radius 1 is 0.683 bits per heavy atom. The van der Waals surface area contributed by atoms with E-state index in [1.807, 2.05) is 36.4 Å². The minimum absolute atomic E-state index is 0.0573. The second kappa shape index (κ2) is 26.5. The Labute approximate surface area is 372 Å². The summed E-state index contributed by atoms with van der Waals surface area (Å²) in [4.78, 5) is 26.8. The van der Waals surface area contributed by atoms with E-state index in [0.29, 0.717) is 35.2 Å².